The summed E-state index contributed by atoms with van der Waals surface area (Å²) in [6.07, 6.45) is 4.49. The fraction of sp³-hybridized carbons (Fsp3) is 1.00. The van der Waals surface area contributed by atoms with Crippen molar-refractivity contribution < 1.29 is 13.9 Å². The van der Waals surface area contributed by atoms with Crippen molar-refractivity contribution >= 4 is 15.9 Å². The molecule has 3 aliphatic rings. The fourth-order valence-electron chi connectivity index (χ4n) is 4.44. The van der Waals surface area contributed by atoms with E-state index in [1.54, 1.807) is 0 Å². The van der Waals surface area contributed by atoms with E-state index in [0.717, 1.165) is 19.3 Å². The second-order valence-electron chi connectivity index (χ2n) is 5.49. The maximum atomic E-state index is 13.4. The van der Waals surface area contributed by atoms with Gasteiger partial charge in [-0.05, 0) is 65.3 Å². The van der Waals surface area contributed by atoms with E-state index in [9.17, 15) is 13.9 Å². The van der Waals surface area contributed by atoms with Gasteiger partial charge >= 0.3 is 4.83 Å². The second-order valence-corrected chi connectivity index (χ2v) is 6.48. The predicted octanol–water partition coefficient (Wildman–Crippen LogP) is 3.16. The molecule has 1 N–H and O–H groups in total. The Morgan fingerprint density at radius 2 is 1.93 bits per heavy atom. The molecule has 0 aliphatic heterocycles. The molecule has 3 aliphatic carbocycles. The maximum Gasteiger partial charge on any atom is 0.329 e. The normalized spacial score (nSPS) is 53.6. The summed E-state index contributed by atoms with van der Waals surface area (Å²) in [5.41, 5.74) is -1.77. The zero-order chi connectivity index (χ0) is 10.8. The molecular formula is C11H15BrF2O. The SMILES string of the molecule is OC1(C(F)(F)Br)CC2CC1C1CCCC21. The molecule has 3 saturated carbocycles. The molecule has 3 fully saturated rings. The number of alkyl halides is 3. The molecule has 0 spiro atoms. The first kappa shape index (κ1) is 10.5. The number of fused-ring (bicyclic) bond motifs is 5. The molecule has 0 aromatic carbocycles. The number of hydrogen-bond acceptors (Lipinski definition) is 1. The minimum Gasteiger partial charge on any atom is -0.382 e. The van der Waals surface area contributed by atoms with E-state index in [2.05, 4.69) is 15.9 Å². The molecule has 5 atom stereocenters. The summed E-state index contributed by atoms with van der Waals surface area (Å²) in [7, 11) is 0. The minimum absolute atomic E-state index is 0.177. The van der Waals surface area contributed by atoms with Gasteiger partial charge in [-0.15, -0.1) is 0 Å². The van der Waals surface area contributed by atoms with Crippen LogP contribution in [0.3, 0.4) is 0 Å². The summed E-state index contributed by atoms with van der Waals surface area (Å²) in [5.74, 6) is 1.16. The smallest absolute Gasteiger partial charge is 0.329 e. The van der Waals surface area contributed by atoms with Gasteiger partial charge in [0, 0.05) is 0 Å². The van der Waals surface area contributed by atoms with Crippen LogP contribution in [-0.4, -0.2) is 15.5 Å². The zero-order valence-corrected chi connectivity index (χ0v) is 10.0. The van der Waals surface area contributed by atoms with Gasteiger partial charge < -0.3 is 5.11 Å². The summed E-state index contributed by atoms with van der Waals surface area (Å²) in [5, 5.41) is 10.2. The monoisotopic (exact) mass is 280 g/mol. The van der Waals surface area contributed by atoms with E-state index in [-0.39, 0.29) is 12.3 Å². The molecule has 15 heavy (non-hydrogen) atoms. The molecule has 1 nitrogen and oxygen atoms in total. The van der Waals surface area contributed by atoms with Gasteiger partial charge in [-0.2, -0.15) is 8.78 Å². The van der Waals surface area contributed by atoms with E-state index >= 15 is 0 Å². The molecule has 0 amide bonds. The third kappa shape index (κ3) is 1.21. The molecule has 0 heterocycles. The molecule has 0 aromatic heterocycles. The molecule has 5 unspecified atom stereocenters. The highest BCUT2D eigenvalue weighted by Gasteiger charge is 2.68. The third-order valence-electron chi connectivity index (χ3n) is 4.98. The molecule has 0 radical (unpaired) electrons. The van der Waals surface area contributed by atoms with Crippen LogP contribution in [0.5, 0.6) is 0 Å². The summed E-state index contributed by atoms with van der Waals surface area (Å²) in [6.45, 7) is 0. The van der Waals surface area contributed by atoms with Gasteiger partial charge in [0.25, 0.3) is 0 Å². The van der Waals surface area contributed by atoms with Gasteiger partial charge in [0.1, 0.15) is 5.60 Å². The molecule has 0 saturated heterocycles. The number of rotatable bonds is 1. The van der Waals surface area contributed by atoms with Crippen LogP contribution in [0.4, 0.5) is 8.78 Å². The van der Waals surface area contributed by atoms with E-state index in [1.165, 1.54) is 6.42 Å². The Bertz CT molecular complexity index is 291. The molecule has 0 aromatic rings. The van der Waals surface area contributed by atoms with Crippen LogP contribution >= 0.6 is 15.9 Å². The lowest BCUT2D eigenvalue weighted by Gasteiger charge is -2.41. The van der Waals surface area contributed by atoms with Crippen molar-refractivity contribution in [2.75, 3.05) is 0 Å². The van der Waals surface area contributed by atoms with Crippen molar-refractivity contribution in [2.24, 2.45) is 23.7 Å². The topological polar surface area (TPSA) is 20.2 Å². The van der Waals surface area contributed by atoms with Gasteiger partial charge in [0.05, 0.1) is 0 Å². The summed E-state index contributed by atoms with van der Waals surface area (Å²) < 4.78 is 26.8. The second kappa shape index (κ2) is 2.95. The molecule has 86 valence electrons. The van der Waals surface area contributed by atoms with E-state index in [0.29, 0.717) is 17.8 Å². The minimum atomic E-state index is -3.12. The van der Waals surface area contributed by atoms with Crippen LogP contribution in [0.15, 0.2) is 0 Å². The first-order valence-electron chi connectivity index (χ1n) is 5.72. The Labute approximate surface area is 96.4 Å². The highest BCUT2D eigenvalue weighted by atomic mass is 79.9. The molecule has 4 heteroatoms. The number of halogens is 3. The van der Waals surface area contributed by atoms with Crippen molar-refractivity contribution in [1.29, 1.82) is 0 Å². The Morgan fingerprint density at radius 3 is 2.60 bits per heavy atom. The third-order valence-corrected chi connectivity index (χ3v) is 5.67. The summed E-state index contributed by atoms with van der Waals surface area (Å²) in [6, 6.07) is 0. The van der Waals surface area contributed by atoms with Crippen molar-refractivity contribution in [3.8, 4) is 0 Å². The van der Waals surface area contributed by atoms with Gasteiger partial charge in [-0.1, -0.05) is 6.42 Å². The molecule has 2 bridgehead atoms. The van der Waals surface area contributed by atoms with Crippen LogP contribution in [0.25, 0.3) is 0 Å². The van der Waals surface area contributed by atoms with Crippen LogP contribution in [0, 0.1) is 23.7 Å². The lowest BCUT2D eigenvalue weighted by atomic mass is 9.73. The van der Waals surface area contributed by atoms with Gasteiger partial charge in [0.15, 0.2) is 0 Å². The average molecular weight is 281 g/mol. The predicted molar refractivity (Wildman–Crippen MR) is 55.9 cm³/mol. The Hall–Kier alpha value is 0.300. The lowest BCUT2D eigenvalue weighted by Crippen LogP contribution is -2.51. The Kier molecular flexibility index (Phi) is 2.05. The van der Waals surface area contributed by atoms with E-state index in [1.807, 2.05) is 0 Å². The first-order chi connectivity index (χ1) is 6.93. The highest BCUT2D eigenvalue weighted by molar-refractivity contribution is 9.10. The van der Waals surface area contributed by atoms with Crippen molar-refractivity contribution in [1.82, 2.24) is 0 Å². The molecule has 3 rings (SSSR count). The Balaban J connectivity index is 1.92. The van der Waals surface area contributed by atoms with Crippen LogP contribution in [0.2, 0.25) is 0 Å². The molecular weight excluding hydrogens is 266 g/mol. The largest absolute Gasteiger partial charge is 0.382 e. The highest BCUT2D eigenvalue weighted by Crippen LogP contribution is 2.66. The summed E-state index contributed by atoms with van der Waals surface area (Å²) in [4.78, 5) is -3.12. The van der Waals surface area contributed by atoms with Gasteiger partial charge in [-0.25, -0.2) is 0 Å². The van der Waals surface area contributed by atoms with Crippen LogP contribution in [0.1, 0.15) is 32.1 Å². The van der Waals surface area contributed by atoms with Crippen LogP contribution < -0.4 is 0 Å². The van der Waals surface area contributed by atoms with Crippen molar-refractivity contribution in [2.45, 2.75) is 42.5 Å². The van der Waals surface area contributed by atoms with E-state index in [4.69, 9.17) is 0 Å². The first-order valence-corrected chi connectivity index (χ1v) is 6.52. The number of aliphatic hydroxyl groups is 1. The standard InChI is InChI=1S/C11H15BrF2O/c12-11(13,14)10(15)5-6-4-9(10)8-3-1-2-7(6)8/h6-9,15H,1-5H2. The zero-order valence-electron chi connectivity index (χ0n) is 8.43. The number of hydrogen-bond donors (Lipinski definition) is 1. The Morgan fingerprint density at radius 1 is 1.27 bits per heavy atom. The van der Waals surface area contributed by atoms with E-state index < -0.39 is 10.4 Å². The maximum absolute atomic E-state index is 13.4. The van der Waals surface area contributed by atoms with Crippen molar-refractivity contribution in [3.63, 3.8) is 0 Å². The lowest BCUT2D eigenvalue weighted by molar-refractivity contribution is -0.161. The van der Waals surface area contributed by atoms with Crippen LogP contribution in [-0.2, 0) is 0 Å². The van der Waals surface area contributed by atoms with Gasteiger partial charge in [0.2, 0.25) is 0 Å². The summed E-state index contributed by atoms with van der Waals surface area (Å²) >= 11 is 2.38. The fourth-order valence-corrected chi connectivity index (χ4v) is 4.89. The quantitative estimate of drug-likeness (QED) is 0.732. The van der Waals surface area contributed by atoms with Crippen molar-refractivity contribution in [3.05, 3.63) is 0 Å². The van der Waals surface area contributed by atoms with Gasteiger partial charge in [-0.3, -0.25) is 0 Å². The average Bonchev–Trinajstić information content (AvgIpc) is 2.68.